The highest BCUT2D eigenvalue weighted by molar-refractivity contribution is 9.10. The molecule has 0 aliphatic heterocycles. The van der Waals surface area contributed by atoms with E-state index in [2.05, 4.69) is 21.2 Å². The maximum atomic E-state index is 11.6. The van der Waals surface area contributed by atoms with E-state index in [-0.39, 0.29) is 12.5 Å². The van der Waals surface area contributed by atoms with Crippen LogP contribution in [-0.2, 0) is 4.79 Å². The number of halogens is 1. The quantitative estimate of drug-likeness (QED) is 0.843. The Hall–Kier alpha value is -1.07. The summed E-state index contributed by atoms with van der Waals surface area (Å²) in [5.41, 5.74) is 0.667. The molecule has 106 valence electrons. The fourth-order valence-electron chi connectivity index (χ4n) is 1.49. The highest BCUT2D eigenvalue weighted by atomic mass is 79.9. The first kappa shape index (κ1) is 16.0. The Morgan fingerprint density at radius 2 is 2.11 bits per heavy atom. The van der Waals surface area contributed by atoms with Crippen LogP contribution in [0.5, 0.6) is 5.75 Å². The monoisotopic (exact) mass is 329 g/mol. The molecule has 5 heteroatoms. The van der Waals surface area contributed by atoms with E-state index in [9.17, 15) is 9.90 Å². The summed E-state index contributed by atoms with van der Waals surface area (Å²) >= 11 is 3.34. The number of hydrogen-bond donors (Lipinski definition) is 2. The second-order valence-corrected chi connectivity index (χ2v) is 5.76. The van der Waals surface area contributed by atoms with E-state index in [4.69, 9.17) is 4.74 Å². The van der Waals surface area contributed by atoms with Crippen LogP contribution >= 0.6 is 15.9 Å². The van der Waals surface area contributed by atoms with Crippen molar-refractivity contribution in [1.82, 2.24) is 5.32 Å². The van der Waals surface area contributed by atoms with E-state index in [1.807, 2.05) is 19.9 Å². The van der Waals surface area contributed by atoms with Crippen molar-refractivity contribution in [2.24, 2.45) is 5.92 Å². The number of carbonyl (C=O) groups is 1. The molecule has 0 radical (unpaired) electrons. The minimum atomic E-state index is -0.637. The largest absolute Gasteiger partial charge is 0.483 e. The number of amides is 1. The van der Waals surface area contributed by atoms with Gasteiger partial charge in [-0.05, 0) is 25.0 Å². The molecule has 1 aromatic rings. The number of aliphatic hydroxyl groups is 1. The van der Waals surface area contributed by atoms with Crippen LogP contribution in [0.2, 0.25) is 0 Å². The first-order chi connectivity index (χ1) is 8.90. The zero-order valence-electron chi connectivity index (χ0n) is 11.4. The third kappa shape index (κ3) is 5.61. The molecule has 4 nitrogen and oxygen atoms in total. The topological polar surface area (TPSA) is 58.6 Å². The minimum absolute atomic E-state index is 0.0527. The van der Waals surface area contributed by atoms with E-state index in [0.717, 1.165) is 4.47 Å². The van der Waals surface area contributed by atoms with Crippen LogP contribution in [0.1, 0.15) is 32.4 Å². The fraction of sp³-hybridized carbons (Fsp3) is 0.500. The van der Waals surface area contributed by atoms with Crippen LogP contribution in [0, 0.1) is 5.92 Å². The second-order valence-electron chi connectivity index (χ2n) is 4.84. The first-order valence-electron chi connectivity index (χ1n) is 6.27. The summed E-state index contributed by atoms with van der Waals surface area (Å²) in [6, 6.07) is 5.35. The smallest absolute Gasteiger partial charge is 0.257 e. The molecule has 0 unspecified atom stereocenters. The summed E-state index contributed by atoms with van der Waals surface area (Å²) in [4.78, 5) is 11.6. The Morgan fingerprint density at radius 3 is 2.68 bits per heavy atom. The lowest BCUT2D eigenvalue weighted by Crippen LogP contribution is -2.31. The first-order valence-corrected chi connectivity index (χ1v) is 7.06. The van der Waals surface area contributed by atoms with E-state index in [1.165, 1.54) is 0 Å². The number of ether oxygens (including phenoxy) is 1. The van der Waals surface area contributed by atoms with Crippen molar-refractivity contribution in [2.45, 2.75) is 26.9 Å². The average molecular weight is 330 g/mol. The van der Waals surface area contributed by atoms with Gasteiger partial charge >= 0.3 is 0 Å². The number of aliphatic hydroxyl groups excluding tert-OH is 1. The van der Waals surface area contributed by atoms with Crippen molar-refractivity contribution in [2.75, 3.05) is 13.2 Å². The lowest BCUT2D eigenvalue weighted by molar-refractivity contribution is -0.123. The summed E-state index contributed by atoms with van der Waals surface area (Å²) < 4.78 is 6.31. The van der Waals surface area contributed by atoms with E-state index in [1.54, 1.807) is 19.1 Å². The van der Waals surface area contributed by atoms with Gasteiger partial charge in [-0.2, -0.15) is 0 Å². The molecule has 0 aromatic heterocycles. The lowest BCUT2D eigenvalue weighted by atomic mass is 10.1. The Balaban J connectivity index is 2.61. The molecule has 2 N–H and O–H groups in total. The fourth-order valence-corrected chi connectivity index (χ4v) is 1.83. The summed E-state index contributed by atoms with van der Waals surface area (Å²) in [6.45, 7) is 6.30. The molecule has 0 aliphatic rings. The van der Waals surface area contributed by atoms with Gasteiger partial charge in [-0.15, -0.1) is 0 Å². The molecule has 1 rings (SSSR count). The van der Waals surface area contributed by atoms with Crippen molar-refractivity contribution >= 4 is 21.8 Å². The van der Waals surface area contributed by atoms with Crippen LogP contribution in [0.3, 0.4) is 0 Å². The number of nitrogens with one attached hydrogen (secondary N) is 1. The van der Waals surface area contributed by atoms with Crippen LogP contribution < -0.4 is 10.1 Å². The SMILES string of the molecule is CC(C)CNC(=O)COc1cc(Br)ccc1[C@@H](C)O. The Morgan fingerprint density at radius 1 is 1.42 bits per heavy atom. The zero-order valence-corrected chi connectivity index (χ0v) is 13.0. The van der Waals surface area contributed by atoms with Crippen molar-refractivity contribution in [3.05, 3.63) is 28.2 Å². The predicted molar refractivity (Wildman–Crippen MR) is 78.1 cm³/mol. The standard InChI is InChI=1S/C14H20BrNO3/c1-9(2)7-16-14(18)8-19-13-6-11(15)4-5-12(13)10(3)17/h4-6,9-10,17H,7-8H2,1-3H3,(H,16,18)/t10-/m1/s1. The van der Waals surface area contributed by atoms with Crippen LogP contribution in [-0.4, -0.2) is 24.2 Å². The molecule has 1 amide bonds. The highest BCUT2D eigenvalue weighted by Crippen LogP contribution is 2.28. The summed E-state index contributed by atoms with van der Waals surface area (Å²) in [7, 11) is 0. The average Bonchev–Trinajstić information content (AvgIpc) is 2.33. The molecule has 0 bridgehead atoms. The van der Waals surface area contributed by atoms with Gasteiger partial charge in [0.2, 0.25) is 0 Å². The van der Waals surface area contributed by atoms with E-state index in [0.29, 0.717) is 23.8 Å². The van der Waals surface area contributed by atoms with Crippen LogP contribution in [0.4, 0.5) is 0 Å². The Labute approximate surface area is 122 Å². The van der Waals surface area contributed by atoms with Gasteiger partial charge in [0.15, 0.2) is 6.61 Å². The molecule has 19 heavy (non-hydrogen) atoms. The number of carbonyl (C=O) groups excluding carboxylic acids is 1. The van der Waals surface area contributed by atoms with Crippen molar-refractivity contribution in [3.8, 4) is 5.75 Å². The maximum absolute atomic E-state index is 11.6. The van der Waals surface area contributed by atoms with E-state index < -0.39 is 6.10 Å². The summed E-state index contributed by atoms with van der Waals surface area (Å²) in [5.74, 6) is 0.761. The predicted octanol–water partition coefficient (Wildman–Crippen LogP) is 2.65. The van der Waals surface area contributed by atoms with Gasteiger partial charge in [-0.3, -0.25) is 4.79 Å². The van der Waals surface area contributed by atoms with E-state index >= 15 is 0 Å². The Kier molecular flexibility index (Phi) is 6.31. The third-order valence-corrected chi connectivity index (χ3v) is 2.99. The number of hydrogen-bond acceptors (Lipinski definition) is 3. The third-order valence-electron chi connectivity index (χ3n) is 2.49. The zero-order chi connectivity index (χ0) is 14.4. The van der Waals surface area contributed by atoms with Gasteiger partial charge in [0, 0.05) is 16.6 Å². The summed E-state index contributed by atoms with van der Waals surface area (Å²) in [6.07, 6.45) is -0.637. The van der Waals surface area contributed by atoms with Gasteiger partial charge < -0.3 is 15.2 Å². The molecular formula is C14H20BrNO3. The van der Waals surface area contributed by atoms with Gasteiger partial charge in [-0.1, -0.05) is 35.8 Å². The van der Waals surface area contributed by atoms with Gasteiger partial charge in [-0.25, -0.2) is 0 Å². The number of benzene rings is 1. The molecule has 0 fully saturated rings. The normalized spacial score (nSPS) is 12.3. The molecule has 0 spiro atoms. The summed E-state index contributed by atoms with van der Waals surface area (Å²) in [5, 5.41) is 12.4. The highest BCUT2D eigenvalue weighted by Gasteiger charge is 2.11. The molecule has 0 saturated carbocycles. The van der Waals surface area contributed by atoms with Crippen molar-refractivity contribution in [1.29, 1.82) is 0 Å². The molecule has 1 atom stereocenters. The van der Waals surface area contributed by atoms with Crippen molar-refractivity contribution < 1.29 is 14.6 Å². The Bertz CT molecular complexity index is 433. The molecule has 0 heterocycles. The number of rotatable bonds is 6. The molecule has 1 aromatic carbocycles. The minimum Gasteiger partial charge on any atom is -0.483 e. The molecular weight excluding hydrogens is 310 g/mol. The maximum Gasteiger partial charge on any atom is 0.257 e. The van der Waals surface area contributed by atoms with Crippen LogP contribution in [0.15, 0.2) is 22.7 Å². The van der Waals surface area contributed by atoms with Gasteiger partial charge in [0.05, 0.1) is 6.10 Å². The van der Waals surface area contributed by atoms with Crippen molar-refractivity contribution in [3.63, 3.8) is 0 Å². The van der Waals surface area contributed by atoms with Gasteiger partial charge in [0.1, 0.15) is 5.75 Å². The second kappa shape index (κ2) is 7.50. The van der Waals surface area contributed by atoms with Gasteiger partial charge in [0.25, 0.3) is 5.91 Å². The lowest BCUT2D eigenvalue weighted by Gasteiger charge is -2.14. The molecule has 0 saturated heterocycles. The molecule has 0 aliphatic carbocycles. The van der Waals surface area contributed by atoms with Crippen LogP contribution in [0.25, 0.3) is 0 Å².